The summed E-state index contributed by atoms with van der Waals surface area (Å²) in [6, 6.07) is 5.38. The summed E-state index contributed by atoms with van der Waals surface area (Å²) >= 11 is 0. The lowest BCUT2D eigenvalue weighted by Gasteiger charge is -2.18. The first-order chi connectivity index (χ1) is 7.11. The number of carbonyl (C=O) groups excluding carboxylic acids is 1. The predicted molar refractivity (Wildman–Crippen MR) is 58.9 cm³/mol. The average molecular weight is 207 g/mol. The first-order valence-electron chi connectivity index (χ1n) is 5.04. The summed E-state index contributed by atoms with van der Waals surface area (Å²) < 4.78 is 0. The maximum Gasteiger partial charge on any atom is 0.234 e. The van der Waals surface area contributed by atoms with E-state index in [4.69, 9.17) is 5.73 Å². The van der Waals surface area contributed by atoms with Crippen LogP contribution in [-0.4, -0.2) is 16.9 Å². The van der Waals surface area contributed by atoms with E-state index in [9.17, 15) is 4.79 Å². The predicted octanol–water partition coefficient (Wildman–Crippen LogP) is 0.681. The van der Waals surface area contributed by atoms with E-state index < -0.39 is 0 Å². The summed E-state index contributed by atoms with van der Waals surface area (Å²) in [6.07, 6.45) is 1.73. The molecule has 0 aromatic carbocycles. The van der Waals surface area contributed by atoms with Gasteiger partial charge in [0.2, 0.25) is 5.91 Å². The molecule has 0 aliphatic rings. The van der Waals surface area contributed by atoms with Crippen molar-refractivity contribution in [3.05, 3.63) is 30.1 Å². The number of rotatable bonds is 5. The number of hydrogen-bond acceptors (Lipinski definition) is 3. The van der Waals surface area contributed by atoms with E-state index in [0.29, 0.717) is 6.54 Å². The maximum atomic E-state index is 11.1. The Balaban J connectivity index is 2.51. The van der Waals surface area contributed by atoms with Crippen LogP contribution in [0.4, 0.5) is 0 Å². The fourth-order valence-corrected chi connectivity index (χ4v) is 1.38. The van der Waals surface area contributed by atoms with Crippen LogP contribution in [0.1, 0.15) is 19.5 Å². The van der Waals surface area contributed by atoms with Gasteiger partial charge in [-0.1, -0.05) is 19.9 Å². The molecule has 3 N–H and O–H groups in total. The molecule has 1 amide bonds. The number of nitrogens with zero attached hydrogens (tertiary/aromatic N) is 1. The first kappa shape index (κ1) is 11.7. The van der Waals surface area contributed by atoms with Crippen LogP contribution in [-0.2, 0) is 11.3 Å². The van der Waals surface area contributed by atoms with Crippen molar-refractivity contribution in [2.24, 2.45) is 11.7 Å². The number of nitrogens with one attached hydrogen (secondary N) is 1. The van der Waals surface area contributed by atoms with E-state index in [2.05, 4.69) is 10.3 Å². The number of pyridine rings is 1. The van der Waals surface area contributed by atoms with Gasteiger partial charge < -0.3 is 5.73 Å². The van der Waals surface area contributed by atoms with Gasteiger partial charge in [0, 0.05) is 12.7 Å². The molecule has 1 aromatic heterocycles. The van der Waals surface area contributed by atoms with Crippen molar-refractivity contribution >= 4 is 5.91 Å². The quantitative estimate of drug-likeness (QED) is 0.746. The monoisotopic (exact) mass is 207 g/mol. The Morgan fingerprint density at radius 1 is 1.53 bits per heavy atom. The van der Waals surface area contributed by atoms with Crippen LogP contribution >= 0.6 is 0 Å². The van der Waals surface area contributed by atoms with Crippen molar-refractivity contribution in [1.82, 2.24) is 10.3 Å². The molecule has 0 bridgehead atoms. The highest BCUT2D eigenvalue weighted by atomic mass is 16.1. The van der Waals surface area contributed by atoms with E-state index in [0.717, 1.165) is 5.69 Å². The summed E-state index contributed by atoms with van der Waals surface area (Å²) in [7, 11) is 0. The summed E-state index contributed by atoms with van der Waals surface area (Å²) in [4.78, 5) is 15.3. The van der Waals surface area contributed by atoms with E-state index in [1.165, 1.54) is 0 Å². The van der Waals surface area contributed by atoms with Crippen LogP contribution < -0.4 is 11.1 Å². The molecule has 0 aliphatic heterocycles. The van der Waals surface area contributed by atoms with Crippen molar-refractivity contribution in [1.29, 1.82) is 0 Å². The molecule has 0 fully saturated rings. The van der Waals surface area contributed by atoms with Gasteiger partial charge in [-0.3, -0.25) is 15.1 Å². The summed E-state index contributed by atoms with van der Waals surface area (Å²) in [6.45, 7) is 4.48. The third-order valence-electron chi connectivity index (χ3n) is 2.20. The Kier molecular flexibility index (Phi) is 4.24. The third-order valence-corrected chi connectivity index (χ3v) is 2.20. The molecular formula is C11H17N3O. The minimum Gasteiger partial charge on any atom is -0.368 e. The van der Waals surface area contributed by atoms with Crippen LogP contribution in [0.25, 0.3) is 0 Å². The second-order valence-electron chi connectivity index (χ2n) is 3.83. The molecule has 0 saturated carbocycles. The zero-order chi connectivity index (χ0) is 11.3. The highest BCUT2D eigenvalue weighted by Crippen LogP contribution is 2.02. The second kappa shape index (κ2) is 5.46. The molecule has 1 unspecified atom stereocenters. The van der Waals surface area contributed by atoms with Gasteiger partial charge in [-0.15, -0.1) is 0 Å². The van der Waals surface area contributed by atoms with Crippen LogP contribution in [0.2, 0.25) is 0 Å². The zero-order valence-electron chi connectivity index (χ0n) is 9.10. The largest absolute Gasteiger partial charge is 0.368 e. The second-order valence-corrected chi connectivity index (χ2v) is 3.83. The molecule has 0 aliphatic carbocycles. The lowest BCUT2D eigenvalue weighted by Crippen LogP contribution is -2.44. The Morgan fingerprint density at radius 2 is 2.27 bits per heavy atom. The molecule has 1 aromatic rings. The highest BCUT2D eigenvalue weighted by Gasteiger charge is 2.18. The van der Waals surface area contributed by atoms with Gasteiger partial charge in [0.25, 0.3) is 0 Å². The van der Waals surface area contributed by atoms with Gasteiger partial charge in [-0.25, -0.2) is 0 Å². The first-order valence-corrected chi connectivity index (χ1v) is 5.04. The van der Waals surface area contributed by atoms with Crippen LogP contribution in [0, 0.1) is 5.92 Å². The van der Waals surface area contributed by atoms with Gasteiger partial charge in [0.15, 0.2) is 0 Å². The topological polar surface area (TPSA) is 68.0 Å². The molecule has 4 heteroatoms. The fraction of sp³-hybridized carbons (Fsp3) is 0.455. The molecule has 0 spiro atoms. The number of amides is 1. The molecular weight excluding hydrogens is 190 g/mol. The van der Waals surface area contributed by atoms with Gasteiger partial charge in [0.1, 0.15) is 0 Å². The Hall–Kier alpha value is -1.42. The Bertz CT molecular complexity index is 311. The van der Waals surface area contributed by atoms with Crippen molar-refractivity contribution in [2.45, 2.75) is 26.4 Å². The Morgan fingerprint density at radius 3 is 2.73 bits per heavy atom. The molecule has 0 radical (unpaired) electrons. The van der Waals surface area contributed by atoms with Crippen LogP contribution in [0.3, 0.4) is 0 Å². The standard InChI is InChI=1S/C11H17N3O/c1-8(2)10(11(12)15)14-7-9-5-3-4-6-13-9/h3-6,8,10,14H,7H2,1-2H3,(H2,12,15). The lowest BCUT2D eigenvalue weighted by atomic mass is 10.0. The molecule has 1 atom stereocenters. The van der Waals surface area contributed by atoms with Crippen molar-refractivity contribution in [2.75, 3.05) is 0 Å². The summed E-state index contributed by atoms with van der Waals surface area (Å²) in [5.74, 6) is -0.132. The van der Waals surface area contributed by atoms with Crippen molar-refractivity contribution in [3.63, 3.8) is 0 Å². The minimum atomic E-state index is -0.319. The number of nitrogens with two attached hydrogens (primary N) is 1. The molecule has 82 valence electrons. The molecule has 0 saturated heterocycles. The van der Waals surface area contributed by atoms with Crippen molar-refractivity contribution in [3.8, 4) is 0 Å². The van der Waals surface area contributed by atoms with Gasteiger partial charge in [0.05, 0.1) is 11.7 Å². The SMILES string of the molecule is CC(C)C(NCc1ccccn1)C(N)=O. The molecule has 15 heavy (non-hydrogen) atoms. The minimum absolute atomic E-state index is 0.186. The number of carbonyl (C=O) groups is 1. The molecule has 4 nitrogen and oxygen atoms in total. The van der Waals surface area contributed by atoms with Gasteiger partial charge >= 0.3 is 0 Å². The normalized spacial score (nSPS) is 12.7. The van der Waals surface area contributed by atoms with E-state index in [1.54, 1.807) is 6.20 Å². The molecule has 1 rings (SSSR count). The van der Waals surface area contributed by atoms with Crippen LogP contribution in [0.15, 0.2) is 24.4 Å². The average Bonchev–Trinajstić information content (AvgIpc) is 2.18. The molecule has 1 heterocycles. The maximum absolute atomic E-state index is 11.1. The smallest absolute Gasteiger partial charge is 0.234 e. The number of hydrogen-bond donors (Lipinski definition) is 2. The zero-order valence-corrected chi connectivity index (χ0v) is 9.10. The van der Waals surface area contributed by atoms with Gasteiger partial charge in [-0.2, -0.15) is 0 Å². The van der Waals surface area contributed by atoms with E-state index >= 15 is 0 Å². The van der Waals surface area contributed by atoms with Crippen molar-refractivity contribution < 1.29 is 4.79 Å². The van der Waals surface area contributed by atoms with Gasteiger partial charge in [-0.05, 0) is 18.1 Å². The van der Waals surface area contributed by atoms with E-state index in [-0.39, 0.29) is 17.9 Å². The third kappa shape index (κ3) is 3.67. The summed E-state index contributed by atoms with van der Waals surface area (Å²) in [5.41, 5.74) is 6.19. The number of aromatic nitrogens is 1. The number of primary amides is 1. The highest BCUT2D eigenvalue weighted by molar-refractivity contribution is 5.80. The van der Waals surface area contributed by atoms with Crippen LogP contribution in [0.5, 0.6) is 0 Å². The summed E-state index contributed by atoms with van der Waals surface area (Å²) in [5, 5.41) is 3.10. The van der Waals surface area contributed by atoms with E-state index in [1.807, 2.05) is 32.0 Å². The Labute approximate surface area is 89.9 Å². The lowest BCUT2D eigenvalue weighted by molar-refractivity contribution is -0.121. The fourth-order valence-electron chi connectivity index (χ4n) is 1.38.